The van der Waals surface area contributed by atoms with Crippen molar-refractivity contribution in [2.24, 2.45) is 5.41 Å². The van der Waals surface area contributed by atoms with Crippen molar-refractivity contribution in [1.82, 2.24) is 24.4 Å². The highest BCUT2D eigenvalue weighted by Gasteiger charge is 2.49. The summed E-state index contributed by atoms with van der Waals surface area (Å²) < 4.78 is 3.87. The molecule has 2 fully saturated rings. The second-order valence-corrected chi connectivity index (χ2v) is 8.49. The Morgan fingerprint density at radius 2 is 2.11 bits per heavy atom. The largest absolute Gasteiger partial charge is 0.336 e. The zero-order valence-corrected chi connectivity index (χ0v) is 16.5. The molecule has 4 heterocycles. The Balaban J connectivity index is 1.49. The summed E-state index contributed by atoms with van der Waals surface area (Å²) >= 11 is 1.23. The molecule has 2 aromatic heterocycles. The molecule has 0 saturated carbocycles. The summed E-state index contributed by atoms with van der Waals surface area (Å²) in [5.74, 6) is 0.0448. The number of piperidine rings is 1. The van der Waals surface area contributed by atoms with E-state index in [-0.39, 0.29) is 11.8 Å². The van der Waals surface area contributed by atoms with Crippen molar-refractivity contribution < 1.29 is 9.59 Å². The van der Waals surface area contributed by atoms with Crippen molar-refractivity contribution in [3.05, 3.63) is 40.2 Å². The summed E-state index contributed by atoms with van der Waals surface area (Å²) in [7, 11) is 0. The molecule has 0 radical (unpaired) electrons. The van der Waals surface area contributed by atoms with Gasteiger partial charge in [-0.15, -0.1) is 5.10 Å². The normalized spacial score (nSPS) is 22.7. The third kappa shape index (κ3) is 3.34. The van der Waals surface area contributed by atoms with Gasteiger partial charge in [0.1, 0.15) is 0 Å². The fourth-order valence-corrected chi connectivity index (χ4v) is 4.65. The van der Waals surface area contributed by atoms with Gasteiger partial charge in [0.05, 0.1) is 22.5 Å². The molecule has 0 N–H and O–H groups in total. The maximum Gasteiger partial charge on any atom is 0.275 e. The van der Waals surface area contributed by atoms with Crippen molar-refractivity contribution >= 4 is 23.3 Å². The summed E-state index contributed by atoms with van der Waals surface area (Å²) in [6.45, 7) is 6.20. The lowest BCUT2D eigenvalue weighted by Gasteiger charge is -2.38. The summed E-state index contributed by atoms with van der Waals surface area (Å²) in [6, 6.07) is 5.88. The fraction of sp³-hybridized carbons (Fsp3) is 0.526. The molecule has 8 heteroatoms. The number of nitrogens with zero attached hydrogens (tertiary/aromatic N) is 5. The first-order chi connectivity index (χ1) is 13.0. The molecule has 2 aliphatic rings. The molecule has 142 valence electrons. The van der Waals surface area contributed by atoms with Gasteiger partial charge >= 0.3 is 0 Å². The van der Waals surface area contributed by atoms with Gasteiger partial charge in [-0.1, -0.05) is 10.6 Å². The predicted molar refractivity (Wildman–Crippen MR) is 101 cm³/mol. The van der Waals surface area contributed by atoms with Crippen LogP contribution in [0, 0.1) is 19.3 Å². The molecule has 1 spiro atoms. The average molecular weight is 385 g/mol. The second-order valence-electron chi connectivity index (χ2n) is 7.54. The smallest absolute Gasteiger partial charge is 0.275 e. The molecular formula is C19H23N5O2S. The number of pyridine rings is 1. The van der Waals surface area contributed by atoms with Crippen LogP contribution in [0.4, 0.5) is 0 Å². The molecule has 1 atom stereocenters. The highest BCUT2D eigenvalue weighted by molar-refractivity contribution is 7.05. The van der Waals surface area contributed by atoms with Crippen molar-refractivity contribution in [1.29, 1.82) is 0 Å². The molecule has 2 saturated heterocycles. The number of rotatable bonds is 3. The minimum Gasteiger partial charge on any atom is -0.336 e. The van der Waals surface area contributed by atoms with Gasteiger partial charge in [0, 0.05) is 25.3 Å². The van der Waals surface area contributed by atoms with Crippen LogP contribution in [0.1, 0.15) is 46.0 Å². The summed E-state index contributed by atoms with van der Waals surface area (Å²) in [4.78, 5) is 35.1. The molecule has 0 aromatic carbocycles. The van der Waals surface area contributed by atoms with Crippen LogP contribution >= 0.6 is 11.5 Å². The third-order valence-electron chi connectivity index (χ3n) is 5.62. The van der Waals surface area contributed by atoms with E-state index in [0.717, 1.165) is 35.5 Å². The lowest BCUT2D eigenvalue weighted by Crippen LogP contribution is -2.50. The van der Waals surface area contributed by atoms with E-state index in [0.29, 0.717) is 31.9 Å². The molecule has 2 aliphatic heterocycles. The van der Waals surface area contributed by atoms with Crippen molar-refractivity contribution in [3.8, 4) is 0 Å². The van der Waals surface area contributed by atoms with Crippen LogP contribution in [-0.2, 0) is 11.3 Å². The average Bonchev–Trinajstić information content (AvgIpc) is 3.21. The number of amides is 2. The van der Waals surface area contributed by atoms with Gasteiger partial charge in [-0.3, -0.25) is 14.6 Å². The quantitative estimate of drug-likeness (QED) is 0.809. The highest BCUT2D eigenvalue weighted by atomic mass is 32.1. The lowest BCUT2D eigenvalue weighted by molar-refractivity contribution is -0.138. The number of aromatic nitrogens is 3. The van der Waals surface area contributed by atoms with E-state index in [4.69, 9.17) is 0 Å². The van der Waals surface area contributed by atoms with E-state index in [1.807, 2.05) is 36.9 Å². The third-order valence-corrected chi connectivity index (χ3v) is 6.25. The summed E-state index contributed by atoms with van der Waals surface area (Å²) in [5, 5.41) is 3.98. The molecule has 2 amide bonds. The second kappa shape index (κ2) is 6.99. The van der Waals surface area contributed by atoms with Gasteiger partial charge < -0.3 is 9.80 Å². The van der Waals surface area contributed by atoms with Crippen molar-refractivity contribution in [2.45, 2.75) is 39.7 Å². The first-order valence-electron chi connectivity index (χ1n) is 9.29. The van der Waals surface area contributed by atoms with Gasteiger partial charge in [0.15, 0.2) is 5.69 Å². The van der Waals surface area contributed by atoms with Crippen molar-refractivity contribution in [3.63, 3.8) is 0 Å². The molecular weight excluding hydrogens is 362 g/mol. The molecule has 0 aliphatic carbocycles. The Labute approximate surface area is 162 Å². The van der Waals surface area contributed by atoms with Gasteiger partial charge in [-0.2, -0.15) is 0 Å². The number of carbonyl (C=O) groups is 2. The lowest BCUT2D eigenvalue weighted by atomic mass is 9.78. The number of likely N-dealkylation sites (tertiary alicyclic amines) is 2. The SMILES string of the molecule is Cc1cccc(CN2CCC3(CCCN(C(=O)c4nnsc4C)C3)C2=O)n1. The van der Waals surface area contributed by atoms with Gasteiger partial charge in [-0.25, -0.2) is 0 Å². The van der Waals surface area contributed by atoms with Crippen LogP contribution in [0.5, 0.6) is 0 Å². The molecule has 1 unspecified atom stereocenters. The Kier molecular flexibility index (Phi) is 4.67. The Morgan fingerprint density at radius 3 is 2.85 bits per heavy atom. The van der Waals surface area contributed by atoms with E-state index >= 15 is 0 Å². The van der Waals surface area contributed by atoms with Crippen LogP contribution in [-0.4, -0.2) is 55.8 Å². The Morgan fingerprint density at radius 1 is 1.26 bits per heavy atom. The van der Waals surface area contributed by atoms with Crippen molar-refractivity contribution in [2.75, 3.05) is 19.6 Å². The molecule has 7 nitrogen and oxygen atoms in total. The number of aryl methyl sites for hydroxylation is 2. The minimum atomic E-state index is -0.463. The van der Waals surface area contributed by atoms with Gasteiger partial charge in [0.25, 0.3) is 5.91 Å². The zero-order valence-electron chi connectivity index (χ0n) is 15.6. The van der Waals surface area contributed by atoms with Gasteiger partial charge in [-0.05, 0) is 56.8 Å². The van der Waals surface area contributed by atoms with Crippen LogP contribution in [0.3, 0.4) is 0 Å². The van der Waals surface area contributed by atoms with E-state index < -0.39 is 5.41 Å². The molecule has 0 bridgehead atoms. The van der Waals surface area contributed by atoms with E-state index in [1.54, 1.807) is 4.90 Å². The summed E-state index contributed by atoms with van der Waals surface area (Å²) in [5.41, 5.74) is 1.82. The van der Waals surface area contributed by atoms with Crippen LogP contribution < -0.4 is 0 Å². The fourth-order valence-electron chi connectivity index (χ4n) is 4.19. The summed E-state index contributed by atoms with van der Waals surface area (Å²) in [6.07, 6.45) is 2.46. The minimum absolute atomic E-state index is 0.105. The maximum absolute atomic E-state index is 13.2. The maximum atomic E-state index is 13.2. The molecule has 4 rings (SSSR count). The Hall–Kier alpha value is -2.35. The zero-order chi connectivity index (χ0) is 19.0. The molecule has 27 heavy (non-hydrogen) atoms. The van der Waals surface area contributed by atoms with Crippen LogP contribution in [0.15, 0.2) is 18.2 Å². The topological polar surface area (TPSA) is 79.3 Å². The standard InChI is InChI=1S/C19H23N5O2S/c1-13-5-3-6-15(20-13)11-23-10-8-19(18(23)26)7-4-9-24(12-19)17(25)16-14(2)27-22-21-16/h3,5-6H,4,7-12H2,1-2H3. The van der Waals surface area contributed by atoms with Crippen LogP contribution in [0.2, 0.25) is 0 Å². The molecule has 2 aromatic rings. The van der Waals surface area contributed by atoms with Gasteiger partial charge in [0.2, 0.25) is 5.91 Å². The number of hydrogen-bond donors (Lipinski definition) is 0. The monoisotopic (exact) mass is 385 g/mol. The van der Waals surface area contributed by atoms with Crippen LogP contribution in [0.25, 0.3) is 0 Å². The number of carbonyl (C=O) groups excluding carboxylic acids is 2. The van der Waals surface area contributed by atoms with E-state index in [1.165, 1.54) is 11.5 Å². The first kappa shape index (κ1) is 18.0. The van der Waals surface area contributed by atoms with E-state index in [2.05, 4.69) is 14.6 Å². The van der Waals surface area contributed by atoms with E-state index in [9.17, 15) is 9.59 Å². The highest BCUT2D eigenvalue weighted by Crippen LogP contribution is 2.41. The first-order valence-corrected chi connectivity index (χ1v) is 10.1. The predicted octanol–water partition coefficient (Wildman–Crippen LogP) is 2.20. The number of hydrogen-bond acceptors (Lipinski definition) is 6. The Bertz CT molecular complexity index is 882.